The van der Waals surface area contributed by atoms with E-state index in [1.807, 2.05) is 18.2 Å². The highest BCUT2D eigenvalue weighted by Crippen LogP contribution is 2.18. The third-order valence-electron chi connectivity index (χ3n) is 3.13. The summed E-state index contributed by atoms with van der Waals surface area (Å²) in [5.41, 5.74) is 1.23. The Morgan fingerprint density at radius 1 is 1.21 bits per heavy atom. The lowest BCUT2D eigenvalue weighted by atomic mass is 10.0. The molecule has 1 rings (SSSR count). The van der Waals surface area contributed by atoms with Crippen molar-refractivity contribution in [3.8, 4) is 0 Å². The molecule has 1 aromatic rings. The number of benzene rings is 1. The number of hydrogen-bond acceptors (Lipinski definition) is 1. The minimum absolute atomic E-state index is 0.434. The molecule has 0 amide bonds. The molecule has 0 aliphatic heterocycles. The van der Waals surface area contributed by atoms with Crippen molar-refractivity contribution in [1.82, 2.24) is 0 Å². The second-order valence-electron chi connectivity index (χ2n) is 5.41. The topological polar surface area (TPSA) is 9.23 Å². The van der Waals surface area contributed by atoms with E-state index in [0.29, 0.717) is 18.4 Å². The van der Waals surface area contributed by atoms with E-state index in [9.17, 15) is 0 Å². The summed E-state index contributed by atoms with van der Waals surface area (Å²) in [5, 5.41) is 0.969. The Kier molecular flexibility index (Phi) is 7.85. The smallest absolute Gasteiger partial charge is 0.0716 e. The summed E-state index contributed by atoms with van der Waals surface area (Å²) in [5.74, 6) is 1.05. The van der Waals surface area contributed by atoms with Crippen molar-refractivity contribution in [2.45, 2.75) is 40.2 Å². The first kappa shape index (κ1) is 16.3. The van der Waals surface area contributed by atoms with Gasteiger partial charge in [0.1, 0.15) is 0 Å². The Bertz CT molecular complexity index is 370. The summed E-state index contributed by atoms with van der Waals surface area (Å²) in [6.45, 7) is 7.99. The van der Waals surface area contributed by atoms with Crippen LogP contribution in [-0.2, 0) is 11.3 Å². The quantitative estimate of drug-likeness (QED) is 0.580. The van der Waals surface area contributed by atoms with Gasteiger partial charge in [-0.05, 0) is 30.2 Å². The zero-order valence-corrected chi connectivity index (χ0v) is 13.0. The highest BCUT2D eigenvalue weighted by molar-refractivity contribution is 6.29. The van der Waals surface area contributed by atoms with E-state index in [1.165, 1.54) is 5.56 Å². The first-order valence-corrected chi connectivity index (χ1v) is 7.44. The van der Waals surface area contributed by atoms with Crippen molar-refractivity contribution in [2.24, 2.45) is 11.8 Å². The fourth-order valence-electron chi connectivity index (χ4n) is 1.72. The molecule has 106 valence electrons. The zero-order chi connectivity index (χ0) is 14.1. The summed E-state index contributed by atoms with van der Waals surface area (Å²) in [6, 6.07) is 10.3. The van der Waals surface area contributed by atoms with E-state index in [4.69, 9.17) is 16.3 Å². The van der Waals surface area contributed by atoms with Gasteiger partial charge in [0.2, 0.25) is 0 Å². The van der Waals surface area contributed by atoms with E-state index in [0.717, 1.165) is 24.5 Å². The lowest BCUT2D eigenvalue weighted by Gasteiger charge is -2.10. The van der Waals surface area contributed by atoms with Gasteiger partial charge >= 0.3 is 0 Å². The maximum Gasteiger partial charge on any atom is 0.0716 e. The molecule has 19 heavy (non-hydrogen) atoms. The Morgan fingerprint density at radius 2 is 1.89 bits per heavy atom. The van der Waals surface area contributed by atoms with Crippen LogP contribution in [-0.4, -0.2) is 6.61 Å². The molecule has 0 N–H and O–H groups in total. The summed E-state index contributed by atoms with van der Waals surface area (Å²) >= 11 is 6.13. The highest BCUT2D eigenvalue weighted by atomic mass is 35.5. The summed E-state index contributed by atoms with van der Waals surface area (Å²) < 4.78 is 5.69. The van der Waals surface area contributed by atoms with Gasteiger partial charge in [-0.25, -0.2) is 0 Å². The molecule has 0 saturated carbocycles. The lowest BCUT2D eigenvalue weighted by molar-refractivity contribution is 0.109. The molecule has 0 spiro atoms. The Morgan fingerprint density at radius 3 is 2.53 bits per heavy atom. The van der Waals surface area contributed by atoms with Gasteiger partial charge < -0.3 is 4.74 Å². The van der Waals surface area contributed by atoms with Crippen LogP contribution >= 0.6 is 11.6 Å². The van der Waals surface area contributed by atoms with Gasteiger partial charge in [0.25, 0.3) is 0 Å². The molecule has 0 bridgehead atoms. The van der Waals surface area contributed by atoms with Crippen LogP contribution in [0.15, 0.2) is 41.4 Å². The summed E-state index contributed by atoms with van der Waals surface area (Å²) in [4.78, 5) is 0. The Hall–Kier alpha value is -0.790. The number of ether oxygens (including phenoxy) is 1. The van der Waals surface area contributed by atoms with Gasteiger partial charge in [0.05, 0.1) is 6.61 Å². The molecule has 1 atom stereocenters. The molecule has 1 aromatic carbocycles. The van der Waals surface area contributed by atoms with Gasteiger partial charge in [-0.3, -0.25) is 0 Å². The average Bonchev–Trinajstić information content (AvgIpc) is 2.42. The number of allylic oxidation sites excluding steroid dienone is 2. The molecule has 0 aromatic heterocycles. The van der Waals surface area contributed by atoms with Gasteiger partial charge in [-0.1, -0.05) is 68.8 Å². The monoisotopic (exact) mass is 280 g/mol. The summed E-state index contributed by atoms with van der Waals surface area (Å²) in [6.07, 6.45) is 4.26. The normalized spacial score (nSPS) is 13.8. The second-order valence-corrected chi connectivity index (χ2v) is 5.85. The molecule has 0 fully saturated rings. The van der Waals surface area contributed by atoms with Crippen LogP contribution in [0.1, 0.15) is 39.2 Å². The fraction of sp³-hybridized carbons (Fsp3) is 0.529. The Balaban J connectivity index is 2.14. The van der Waals surface area contributed by atoms with Crippen LogP contribution in [0.5, 0.6) is 0 Å². The molecule has 0 saturated heterocycles. The molecular weight excluding hydrogens is 256 g/mol. The third-order valence-corrected chi connectivity index (χ3v) is 3.72. The number of hydrogen-bond donors (Lipinski definition) is 0. The molecule has 0 heterocycles. The SMILES string of the molecule is CC(CC=C(Cl)C(C)C)CCOCc1ccccc1. The molecular formula is C17H25ClO. The summed E-state index contributed by atoms with van der Waals surface area (Å²) in [7, 11) is 0. The van der Waals surface area contributed by atoms with Crippen molar-refractivity contribution in [3.63, 3.8) is 0 Å². The van der Waals surface area contributed by atoms with E-state index < -0.39 is 0 Å². The van der Waals surface area contributed by atoms with Crippen molar-refractivity contribution < 1.29 is 4.74 Å². The maximum absolute atomic E-state index is 6.13. The van der Waals surface area contributed by atoms with Crippen LogP contribution < -0.4 is 0 Å². The Labute approximate surface area is 122 Å². The number of halogens is 1. The predicted octanol–water partition coefficient (Wildman–Crippen LogP) is 5.40. The predicted molar refractivity (Wildman–Crippen MR) is 83.3 cm³/mol. The molecule has 0 aliphatic carbocycles. The van der Waals surface area contributed by atoms with Crippen molar-refractivity contribution in [2.75, 3.05) is 6.61 Å². The van der Waals surface area contributed by atoms with Crippen LogP contribution in [0.25, 0.3) is 0 Å². The molecule has 0 aliphatic rings. The fourth-order valence-corrected chi connectivity index (χ4v) is 1.81. The van der Waals surface area contributed by atoms with Crippen LogP contribution in [0.2, 0.25) is 0 Å². The standard InChI is InChI=1S/C17H25ClO/c1-14(2)17(18)10-9-15(3)11-12-19-13-16-7-5-4-6-8-16/h4-8,10,14-15H,9,11-13H2,1-3H3. The first-order valence-electron chi connectivity index (χ1n) is 7.06. The van der Waals surface area contributed by atoms with Gasteiger partial charge in [0.15, 0.2) is 0 Å². The molecule has 0 radical (unpaired) electrons. The van der Waals surface area contributed by atoms with Gasteiger partial charge in [0, 0.05) is 11.6 Å². The van der Waals surface area contributed by atoms with Crippen LogP contribution in [0.3, 0.4) is 0 Å². The minimum atomic E-state index is 0.434. The molecule has 2 heteroatoms. The maximum atomic E-state index is 6.13. The number of rotatable bonds is 8. The minimum Gasteiger partial charge on any atom is -0.377 e. The van der Waals surface area contributed by atoms with Crippen molar-refractivity contribution in [1.29, 1.82) is 0 Å². The third kappa shape index (κ3) is 7.39. The highest BCUT2D eigenvalue weighted by Gasteiger charge is 2.03. The average molecular weight is 281 g/mol. The lowest BCUT2D eigenvalue weighted by Crippen LogP contribution is -2.02. The largest absolute Gasteiger partial charge is 0.377 e. The second kappa shape index (κ2) is 9.17. The van der Waals surface area contributed by atoms with Crippen LogP contribution in [0.4, 0.5) is 0 Å². The van der Waals surface area contributed by atoms with E-state index in [1.54, 1.807) is 0 Å². The van der Waals surface area contributed by atoms with E-state index >= 15 is 0 Å². The molecule has 1 unspecified atom stereocenters. The van der Waals surface area contributed by atoms with E-state index in [2.05, 4.69) is 39.0 Å². The van der Waals surface area contributed by atoms with Gasteiger partial charge in [-0.15, -0.1) is 0 Å². The zero-order valence-electron chi connectivity index (χ0n) is 12.2. The van der Waals surface area contributed by atoms with Crippen LogP contribution in [0, 0.1) is 11.8 Å². The van der Waals surface area contributed by atoms with Gasteiger partial charge in [-0.2, -0.15) is 0 Å². The van der Waals surface area contributed by atoms with E-state index in [-0.39, 0.29) is 0 Å². The van der Waals surface area contributed by atoms with Crippen molar-refractivity contribution >= 4 is 11.6 Å². The first-order chi connectivity index (χ1) is 9.09. The molecule has 1 nitrogen and oxygen atoms in total. The van der Waals surface area contributed by atoms with Crippen molar-refractivity contribution in [3.05, 3.63) is 47.0 Å².